The van der Waals surface area contributed by atoms with Crippen molar-refractivity contribution in [2.45, 2.75) is 6.92 Å². The number of carbonyl (C=O) groups is 2. The molecule has 3 aromatic rings. The summed E-state index contributed by atoms with van der Waals surface area (Å²) in [6.07, 6.45) is 3.60. The molecule has 0 bridgehead atoms. The minimum absolute atomic E-state index is 0.132. The lowest BCUT2D eigenvalue weighted by molar-refractivity contribution is -0.594. The van der Waals surface area contributed by atoms with Gasteiger partial charge in [0.1, 0.15) is 10.6 Å². The van der Waals surface area contributed by atoms with Crippen LogP contribution in [-0.2, 0) is 0 Å². The number of benzene rings is 1. The molecule has 1 aromatic carbocycles. The lowest BCUT2D eigenvalue weighted by atomic mass is 10.1. The number of aromatic carboxylic acids is 1. The average molecular weight is 353 g/mol. The van der Waals surface area contributed by atoms with Gasteiger partial charge in [0.2, 0.25) is 5.78 Å². The van der Waals surface area contributed by atoms with E-state index in [0.29, 0.717) is 28.4 Å². The number of hydrogen-bond acceptors (Lipinski definition) is 4. The number of pyridine rings is 1. The van der Waals surface area contributed by atoms with E-state index in [1.165, 1.54) is 0 Å². The molecule has 0 radical (unpaired) electrons. The van der Waals surface area contributed by atoms with Gasteiger partial charge in [0.05, 0.1) is 0 Å². The molecule has 0 aliphatic carbocycles. The zero-order valence-electron chi connectivity index (χ0n) is 13.6. The highest BCUT2D eigenvalue weighted by atomic mass is 32.1. The van der Waals surface area contributed by atoms with E-state index in [0.717, 1.165) is 11.3 Å². The number of nitrogens with one attached hydrogen (secondary N) is 1. The summed E-state index contributed by atoms with van der Waals surface area (Å²) in [5.74, 6) is -1.24. The van der Waals surface area contributed by atoms with Crippen molar-refractivity contribution in [2.24, 2.45) is 0 Å². The molecule has 0 unspecified atom stereocenters. The molecule has 3 rings (SSSR count). The fourth-order valence-electron chi connectivity index (χ4n) is 2.58. The van der Waals surface area contributed by atoms with E-state index in [1.54, 1.807) is 41.2 Å². The topological polar surface area (TPSA) is 70.3 Å². The molecule has 0 fully saturated rings. The third-order valence-electron chi connectivity index (χ3n) is 3.65. The molecule has 25 heavy (non-hydrogen) atoms. The molecule has 2 N–H and O–H groups in total. The van der Waals surface area contributed by atoms with Gasteiger partial charge in [-0.25, -0.2) is 4.79 Å². The van der Waals surface area contributed by atoms with E-state index in [1.807, 2.05) is 31.2 Å². The quantitative estimate of drug-likeness (QED) is 0.526. The number of hydrogen-bond donors (Lipinski definition) is 2. The Morgan fingerprint density at radius 3 is 2.28 bits per heavy atom. The summed E-state index contributed by atoms with van der Waals surface area (Å²) in [6, 6.07) is 14.4. The van der Waals surface area contributed by atoms with Crippen molar-refractivity contribution in [2.75, 3.05) is 11.9 Å². The summed E-state index contributed by atoms with van der Waals surface area (Å²) >= 11 is 1.000. The molecular formula is C19H17N2O3S+. The summed E-state index contributed by atoms with van der Waals surface area (Å²) in [6.45, 7) is 2.44. The van der Waals surface area contributed by atoms with Crippen LogP contribution in [-0.4, -0.2) is 23.4 Å². The smallest absolute Gasteiger partial charge is 0.348 e. The Labute approximate surface area is 149 Å². The van der Waals surface area contributed by atoms with Crippen LogP contribution in [0.2, 0.25) is 0 Å². The van der Waals surface area contributed by atoms with Crippen molar-refractivity contribution < 1.29 is 19.3 Å². The molecule has 0 saturated heterocycles. The van der Waals surface area contributed by atoms with Crippen LogP contribution >= 0.6 is 11.3 Å². The van der Waals surface area contributed by atoms with Crippen molar-refractivity contribution in [1.82, 2.24) is 0 Å². The second-order valence-electron chi connectivity index (χ2n) is 5.30. The van der Waals surface area contributed by atoms with Crippen molar-refractivity contribution in [1.29, 1.82) is 0 Å². The Balaban J connectivity index is 2.25. The van der Waals surface area contributed by atoms with Crippen LogP contribution in [0.3, 0.4) is 0 Å². The van der Waals surface area contributed by atoms with Crippen LogP contribution in [0.1, 0.15) is 31.8 Å². The van der Waals surface area contributed by atoms with Crippen LogP contribution < -0.4 is 9.88 Å². The highest BCUT2D eigenvalue weighted by Gasteiger charge is 2.32. The van der Waals surface area contributed by atoms with Crippen LogP contribution in [0.4, 0.5) is 5.69 Å². The van der Waals surface area contributed by atoms with Gasteiger partial charge >= 0.3 is 5.97 Å². The predicted molar refractivity (Wildman–Crippen MR) is 96.8 cm³/mol. The largest absolute Gasteiger partial charge is 0.477 e. The first-order valence-electron chi connectivity index (χ1n) is 7.83. The number of anilines is 1. The molecule has 0 amide bonds. The first kappa shape index (κ1) is 16.9. The Hall–Kier alpha value is -2.99. The Morgan fingerprint density at radius 1 is 1.04 bits per heavy atom. The van der Waals surface area contributed by atoms with Crippen LogP contribution in [0.15, 0.2) is 60.9 Å². The number of ketones is 1. The summed E-state index contributed by atoms with van der Waals surface area (Å²) in [5, 5.41) is 12.7. The highest BCUT2D eigenvalue weighted by molar-refractivity contribution is 7.17. The van der Waals surface area contributed by atoms with Gasteiger partial charge < -0.3 is 10.4 Å². The maximum atomic E-state index is 13.0. The summed E-state index contributed by atoms with van der Waals surface area (Å²) < 4.78 is 1.77. The minimum Gasteiger partial charge on any atom is -0.477 e. The van der Waals surface area contributed by atoms with Gasteiger partial charge in [-0.15, -0.1) is 11.3 Å². The first-order valence-corrected chi connectivity index (χ1v) is 8.65. The minimum atomic E-state index is -1.05. The van der Waals surface area contributed by atoms with E-state index >= 15 is 0 Å². The summed E-state index contributed by atoms with van der Waals surface area (Å²) in [5.41, 5.74) is 1.57. The molecule has 5 nitrogen and oxygen atoms in total. The van der Waals surface area contributed by atoms with Gasteiger partial charge in [-0.3, -0.25) is 4.79 Å². The third-order valence-corrected chi connectivity index (χ3v) is 4.81. The van der Waals surface area contributed by atoms with Crippen LogP contribution in [0.25, 0.3) is 5.69 Å². The maximum absolute atomic E-state index is 13.0. The van der Waals surface area contributed by atoms with Crippen LogP contribution in [0, 0.1) is 0 Å². The van der Waals surface area contributed by atoms with E-state index in [9.17, 15) is 14.7 Å². The number of aromatic nitrogens is 1. The number of carboxylic acids is 1. The van der Waals surface area contributed by atoms with Gasteiger partial charge in [-0.1, -0.05) is 36.4 Å². The molecular weight excluding hydrogens is 336 g/mol. The molecule has 0 aliphatic rings. The number of carboxylic acid groups (broad SMARTS) is 1. The van der Waals surface area contributed by atoms with Gasteiger partial charge in [-0.05, 0) is 6.92 Å². The zero-order valence-corrected chi connectivity index (χ0v) is 14.4. The molecule has 0 saturated carbocycles. The SMILES string of the molecule is CCNc1c(C(=O)O)sc(C(=O)c2ccccc2)c1-[n+]1ccccc1. The molecule has 2 heterocycles. The van der Waals surface area contributed by atoms with Crippen LogP contribution in [0.5, 0.6) is 0 Å². The molecule has 2 aromatic heterocycles. The van der Waals surface area contributed by atoms with Gasteiger partial charge in [-0.2, -0.15) is 4.57 Å². The Kier molecular flexibility index (Phi) is 4.90. The lowest BCUT2D eigenvalue weighted by Crippen LogP contribution is -2.32. The fraction of sp³-hybridized carbons (Fsp3) is 0.105. The predicted octanol–water partition coefficient (Wildman–Crippen LogP) is 3.39. The molecule has 0 atom stereocenters. The monoisotopic (exact) mass is 353 g/mol. The van der Waals surface area contributed by atoms with Gasteiger partial charge in [0.25, 0.3) is 5.69 Å². The number of carbonyl (C=O) groups excluding carboxylic acids is 1. The normalized spacial score (nSPS) is 10.4. The van der Waals surface area contributed by atoms with E-state index in [4.69, 9.17) is 0 Å². The number of rotatable bonds is 6. The fourth-order valence-corrected chi connectivity index (χ4v) is 3.66. The number of thiophene rings is 1. The van der Waals surface area contributed by atoms with Gasteiger partial charge in [0, 0.05) is 24.2 Å². The van der Waals surface area contributed by atoms with Crippen molar-refractivity contribution >= 4 is 28.8 Å². The maximum Gasteiger partial charge on any atom is 0.348 e. The average Bonchev–Trinajstić information content (AvgIpc) is 3.02. The third kappa shape index (κ3) is 3.29. The summed E-state index contributed by atoms with van der Waals surface area (Å²) in [4.78, 5) is 25.2. The zero-order chi connectivity index (χ0) is 17.8. The molecule has 126 valence electrons. The molecule has 0 spiro atoms. The lowest BCUT2D eigenvalue weighted by Gasteiger charge is -2.04. The second-order valence-corrected chi connectivity index (χ2v) is 6.32. The van der Waals surface area contributed by atoms with E-state index < -0.39 is 5.97 Å². The number of nitrogens with zero attached hydrogens (tertiary/aromatic N) is 1. The van der Waals surface area contributed by atoms with E-state index in [2.05, 4.69) is 5.32 Å². The first-order chi connectivity index (χ1) is 12.1. The van der Waals surface area contributed by atoms with Crippen molar-refractivity contribution in [3.63, 3.8) is 0 Å². The summed E-state index contributed by atoms with van der Waals surface area (Å²) in [7, 11) is 0. The van der Waals surface area contributed by atoms with E-state index in [-0.39, 0.29) is 10.7 Å². The standard InChI is InChI=1S/C19H16N2O3S/c1-2-20-14-15(21-11-7-4-8-12-21)18(25-17(14)19(23)24)16(22)13-9-5-3-6-10-13/h3-12,20H,2H2,1H3/p+1. The van der Waals surface area contributed by atoms with Gasteiger partial charge in [0.15, 0.2) is 17.3 Å². The highest BCUT2D eigenvalue weighted by Crippen LogP contribution is 2.35. The Bertz CT molecular complexity index is 905. The van der Waals surface area contributed by atoms with Crippen molar-refractivity contribution in [3.05, 3.63) is 76.2 Å². The molecule has 0 aliphatic heterocycles. The molecule has 6 heteroatoms. The Morgan fingerprint density at radius 2 is 1.68 bits per heavy atom. The van der Waals surface area contributed by atoms with Crippen molar-refractivity contribution in [3.8, 4) is 5.69 Å². The second kappa shape index (κ2) is 7.27.